The summed E-state index contributed by atoms with van der Waals surface area (Å²) in [6.07, 6.45) is 0. The molecule has 1 heterocycles. The Morgan fingerprint density at radius 2 is 1.88 bits per heavy atom. The van der Waals surface area contributed by atoms with Crippen molar-refractivity contribution in [1.29, 1.82) is 0 Å². The minimum absolute atomic E-state index is 0.0197. The molecule has 0 atom stereocenters. The highest BCUT2D eigenvalue weighted by molar-refractivity contribution is 5.77. The average molecular weight is 327 g/mol. The molecule has 0 spiro atoms. The molecule has 0 saturated heterocycles. The molecular formula is C19H21NO4. The summed E-state index contributed by atoms with van der Waals surface area (Å²) in [5.41, 5.74) is 2.01. The third-order valence-electron chi connectivity index (χ3n) is 3.90. The van der Waals surface area contributed by atoms with Crippen LogP contribution in [0.2, 0.25) is 0 Å². The van der Waals surface area contributed by atoms with Crippen LogP contribution >= 0.6 is 0 Å². The number of hydrogen-bond acceptors (Lipinski definition) is 4. The fourth-order valence-electron chi connectivity index (χ4n) is 2.52. The molecule has 1 amide bonds. The summed E-state index contributed by atoms with van der Waals surface area (Å²) in [6.45, 7) is 3.59. The second-order valence-corrected chi connectivity index (χ2v) is 5.78. The average Bonchev–Trinajstić information content (AvgIpc) is 2.60. The molecule has 126 valence electrons. The number of amides is 1. The van der Waals surface area contributed by atoms with Gasteiger partial charge in [-0.05, 0) is 36.2 Å². The van der Waals surface area contributed by atoms with Crippen LogP contribution in [-0.4, -0.2) is 37.7 Å². The Morgan fingerprint density at radius 1 is 1.12 bits per heavy atom. The number of rotatable bonds is 5. The molecule has 0 radical (unpaired) electrons. The lowest BCUT2D eigenvalue weighted by Gasteiger charge is -2.21. The standard InChI is InChI=1S/C19H21NO4/c1-14-5-3-4-6-16(14)24-13-19(21)20(2)12-15-7-8-17-18(11-15)23-10-9-22-17/h3-8,11H,9-10,12-13H2,1-2H3. The lowest BCUT2D eigenvalue weighted by molar-refractivity contribution is -0.132. The van der Waals surface area contributed by atoms with E-state index in [1.54, 1.807) is 11.9 Å². The van der Waals surface area contributed by atoms with Crippen LogP contribution in [0, 0.1) is 6.92 Å². The highest BCUT2D eigenvalue weighted by atomic mass is 16.6. The van der Waals surface area contributed by atoms with Crippen molar-refractivity contribution in [2.24, 2.45) is 0 Å². The zero-order chi connectivity index (χ0) is 16.9. The molecule has 1 aliphatic heterocycles. The maximum Gasteiger partial charge on any atom is 0.260 e. The first-order chi connectivity index (χ1) is 11.6. The van der Waals surface area contributed by atoms with E-state index in [0.717, 1.165) is 28.4 Å². The first kappa shape index (κ1) is 16.2. The van der Waals surface area contributed by atoms with E-state index in [9.17, 15) is 4.79 Å². The van der Waals surface area contributed by atoms with Crippen molar-refractivity contribution in [1.82, 2.24) is 4.90 Å². The Morgan fingerprint density at radius 3 is 2.67 bits per heavy atom. The quantitative estimate of drug-likeness (QED) is 0.847. The number of benzene rings is 2. The molecule has 0 bridgehead atoms. The van der Waals surface area contributed by atoms with Gasteiger partial charge in [0.25, 0.3) is 5.91 Å². The number of aryl methyl sites for hydroxylation is 1. The van der Waals surface area contributed by atoms with Crippen molar-refractivity contribution in [3.05, 3.63) is 53.6 Å². The number of carbonyl (C=O) groups is 1. The van der Waals surface area contributed by atoms with Crippen LogP contribution in [0.5, 0.6) is 17.2 Å². The largest absolute Gasteiger partial charge is 0.486 e. The maximum atomic E-state index is 12.3. The van der Waals surface area contributed by atoms with Gasteiger partial charge >= 0.3 is 0 Å². The Labute approximate surface area is 141 Å². The van der Waals surface area contributed by atoms with Crippen LogP contribution in [0.15, 0.2) is 42.5 Å². The van der Waals surface area contributed by atoms with E-state index < -0.39 is 0 Å². The lowest BCUT2D eigenvalue weighted by atomic mass is 10.2. The van der Waals surface area contributed by atoms with Gasteiger partial charge < -0.3 is 19.1 Å². The normalized spacial score (nSPS) is 12.6. The molecule has 0 fully saturated rings. The summed E-state index contributed by atoms with van der Waals surface area (Å²) in [7, 11) is 1.76. The van der Waals surface area contributed by atoms with E-state index in [1.807, 2.05) is 49.4 Å². The van der Waals surface area contributed by atoms with Crippen molar-refractivity contribution in [3.8, 4) is 17.2 Å². The van der Waals surface area contributed by atoms with Crippen molar-refractivity contribution in [3.63, 3.8) is 0 Å². The smallest absolute Gasteiger partial charge is 0.260 e. The van der Waals surface area contributed by atoms with Gasteiger partial charge in [0, 0.05) is 13.6 Å². The SMILES string of the molecule is Cc1ccccc1OCC(=O)N(C)Cc1ccc2c(c1)OCCO2. The molecule has 5 nitrogen and oxygen atoms in total. The summed E-state index contributed by atoms with van der Waals surface area (Å²) in [5.74, 6) is 2.14. The first-order valence-electron chi connectivity index (χ1n) is 7.94. The number of hydrogen-bond donors (Lipinski definition) is 0. The molecule has 3 rings (SSSR count). The van der Waals surface area contributed by atoms with E-state index in [4.69, 9.17) is 14.2 Å². The van der Waals surface area contributed by atoms with E-state index in [1.165, 1.54) is 0 Å². The number of para-hydroxylation sites is 1. The topological polar surface area (TPSA) is 48.0 Å². The number of ether oxygens (including phenoxy) is 3. The van der Waals surface area contributed by atoms with Crippen LogP contribution in [-0.2, 0) is 11.3 Å². The third-order valence-corrected chi connectivity index (χ3v) is 3.90. The van der Waals surface area contributed by atoms with Gasteiger partial charge in [-0.15, -0.1) is 0 Å². The Balaban J connectivity index is 1.57. The van der Waals surface area contributed by atoms with E-state index in [2.05, 4.69) is 0 Å². The lowest BCUT2D eigenvalue weighted by Crippen LogP contribution is -2.31. The molecule has 2 aromatic carbocycles. The Hall–Kier alpha value is -2.69. The van der Waals surface area contributed by atoms with Crippen LogP contribution in [0.3, 0.4) is 0 Å². The molecule has 24 heavy (non-hydrogen) atoms. The zero-order valence-electron chi connectivity index (χ0n) is 14.0. The molecule has 0 saturated carbocycles. The zero-order valence-corrected chi connectivity index (χ0v) is 14.0. The van der Waals surface area contributed by atoms with Gasteiger partial charge in [0.15, 0.2) is 18.1 Å². The van der Waals surface area contributed by atoms with Crippen molar-refractivity contribution in [2.45, 2.75) is 13.5 Å². The van der Waals surface area contributed by atoms with E-state index in [0.29, 0.717) is 19.8 Å². The molecule has 0 N–H and O–H groups in total. The summed E-state index contributed by atoms with van der Waals surface area (Å²) in [4.78, 5) is 13.9. The highest BCUT2D eigenvalue weighted by Crippen LogP contribution is 2.31. The van der Waals surface area contributed by atoms with E-state index >= 15 is 0 Å². The summed E-state index contributed by atoms with van der Waals surface area (Å²) < 4.78 is 16.7. The van der Waals surface area contributed by atoms with Gasteiger partial charge in [0.2, 0.25) is 0 Å². The highest BCUT2D eigenvalue weighted by Gasteiger charge is 2.15. The summed E-state index contributed by atoms with van der Waals surface area (Å²) in [5, 5.41) is 0. The molecule has 0 unspecified atom stereocenters. The van der Waals surface area contributed by atoms with Crippen LogP contribution < -0.4 is 14.2 Å². The van der Waals surface area contributed by atoms with Crippen molar-refractivity contribution in [2.75, 3.05) is 26.9 Å². The van der Waals surface area contributed by atoms with Gasteiger partial charge in [-0.3, -0.25) is 4.79 Å². The summed E-state index contributed by atoms with van der Waals surface area (Å²) in [6, 6.07) is 13.4. The van der Waals surface area contributed by atoms with Crippen molar-refractivity contribution >= 4 is 5.91 Å². The second kappa shape index (κ2) is 7.25. The number of nitrogens with zero attached hydrogens (tertiary/aromatic N) is 1. The van der Waals surface area contributed by atoms with Crippen LogP contribution in [0.4, 0.5) is 0 Å². The van der Waals surface area contributed by atoms with Gasteiger partial charge in [0.05, 0.1) is 0 Å². The first-order valence-corrected chi connectivity index (χ1v) is 7.94. The second-order valence-electron chi connectivity index (χ2n) is 5.78. The molecular weight excluding hydrogens is 306 g/mol. The third kappa shape index (κ3) is 3.79. The Kier molecular flexibility index (Phi) is 4.89. The fraction of sp³-hybridized carbons (Fsp3) is 0.316. The van der Waals surface area contributed by atoms with Gasteiger partial charge in [-0.25, -0.2) is 0 Å². The van der Waals surface area contributed by atoms with Crippen LogP contribution in [0.1, 0.15) is 11.1 Å². The fourth-order valence-corrected chi connectivity index (χ4v) is 2.52. The molecule has 1 aliphatic rings. The predicted molar refractivity (Wildman–Crippen MR) is 90.6 cm³/mol. The number of likely N-dealkylation sites (N-methyl/N-ethyl adjacent to an activating group) is 1. The van der Waals surface area contributed by atoms with E-state index in [-0.39, 0.29) is 12.5 Å². The number of carbonyl (C=O) groups excluding carboxylic acids is 1. The maximum absolute atomic E-state index is 12.3. The number of fused-ring (bicyclic) bond motifs is 1. The minimum atomic E-state index is -0.0758. The molecule has 2 aromatic rings. The summed E-state index contributed by atoms with van der Waals surface area (Å²) >= 11 is 0. The van der Waals surface area contributed by atoms with Gasteiger partial charge in [-0.2, -0.15) is 0 Å². The molecule has 0 aromatic heterocycles. The predicted octanol–water partition coefficient (Wildman–Crippen LogP) is 2.80. The van der Waals surface area contributed by atoms with Crippen molar-refractivity contribution < 1.29 is 19.0 Å². The van der Waals surface area contributed by atoms with Crippen LogP contribution in [0.25, 0.3) is 0 Å². The van der Waals surface area contributed by atoms with Gasteiger partial charge in [-0.1, -0.05) is 24.3 Å². The minimum Gasteiger partial charge on any atom is -0.486 e. The molecule has 5 heteroatoms. The van der Waals surface area contributed by atoms with Gasteiger partial charge in [0.1, 0.15) is 19.0 Å². The Bertz CT molecular complexity index is 729. The molecule has 0 aliphatic carbocycles. The monoisotopic (exact) mass is 327 g/mol.